The van der Waals surface area contributed by atoms with Crippen LogP contribution < -0.4 is 10.3 Å². The first-order valence-electron chi connectivity index (χ1n) is 5.72. The Labute approximate surface area is 112 Å². The minimum atomic E-state index is -0.407. The van der Waals surface area contributed by atoms with Gasteiger partial charge in [0.05, 0.1) is 12.8 Å². The van der Waals surface area contributed by atoms with Crippen molar-refractivity contribution >= 4 is 32.3 Å². The molecule has 0 fully saturated rings. The molecule has 0 saturated heterocycles. The molecule has 19 heavy (non-hydrogen) atoms. The van der Waals surface area contributed by atoms with Crippen molar-refractivity contribution in [2.24, 2.45) is 0 Å². The second-order valence-electron chi connectivity index (χ2n) is 4.36. The van der Waals surface area contributed by atoms with Crippen molar-refractivity contribution in [1.82, 2.24) is 9.71 Å². The van der Waals surface area contributed by atoms with Crippen LogP contribution in [-0.2, 0) is 0 Å². The van der Waals surface area contributed by atoms with E-state index in [2.05, 4.69) is 4.98 Å². The lowest BCUT2D eigenvalue weighted by atomic mass is 10.1. The molecule has 6 heteroatoms. The number of thiophene rings is 1. The van der Waals surface area contributed by atoms with E-state index in [0.29, 0.717) is 26.5 Å². The highest BCUT2D eigenvalue weighted by molar-refractivity contribution is 7.19. The van der Waals surface area contributed by atoms with Crippen LogP contribution in [0.3, 0.4) is 0 Å². The van der Waals surface area contributed by atoms with E-state index in [-0.39, 0.29) is 0 Å². The Morgan fingerprint density at radius 1 is 1.32 bits per heavy atom. The molecule has 5 nitrogen and oxygen atoms in total. The summed E-state index contributed by atoms with van der Waals surface area (Å²) in [5.41, 5.74) is 0.575. The fourth-order valence-electron chi connectivity index (χ4n) is 2.29. The van der Waals surface area contributed by atoms with E-state index in [0.717, 1.165) is 15.6 Å². The highest BCUT2D eigenvalue weighted by atomic mass is 32.1. The topological polar surface area (TPSA) is 64.3 Å². The lowest BCUT2D eigenvalue weighted by molar-refractivity contribution is 0.190. The number of fused-ring (bicyclic) bond motifs is 3. The Hall–Kier alpha value is -2.08. The van der Waals surface area contributed by atoms with E-state index >= 15 is 0 Å². The Balaban J connectivity index is 2.66. The third-order valence-electron chi connectivity index (χ3n) is 3.10. The van der Waals surface area contributed by atoms with E-state index < -0.39 is 5.56 Å². The van der Waals surface area contributed by atoms with Gasteiger partial charge >= 0.3 is 5.56 Å². The van der Waals surface area contributed by atoms with Gasteiger partial charge in [-0.1, -0.05) is 0 Å². The first-order chi connectivity index (χ1) is 9.02. The second-order valence-corrected chi connectivity index (χ2v) is 5.62. The lowest BCUT2D eigenvalue weighted by Crippen LogP contribution is -2.18. The molecular weight excluding hydrogens is 264 g/mol. The van der Waals surface area contributed by atoms with Gasteiger partial charge in [-0.25, -0.2) is 4.98 Å². The van der Waals surface area contributed by atoms with Crippen LogP contribution >= 0.6 is 11.3 Å². The number of aromatic nitrogens is 2. The van der Waals surface area contributed by atoms with Crippen LogP contribution in [0.15, 0.2) is 16.9 Å². The SMILES string of the molecule is COc1cc2c3cc(C)sc3c(=O)n(O)c2c(C)n1. The highest BCUT2D eigenvalue weighted by Crippen LogP contribution is 2.31. The zero-order chi connectivity index (χ0) is 13.7. The van der Waals surface area contributed by atoms with Gasteiger partial charge in [0.15, 0.2) is 0 Å². The van der Waals surface area contributed by atoms with Gasteiger partial charge in [-0.2, -0.15) is 0 Å². The molecule has 1 N–H and O–H groups in total. The Morgan fingerprint density at radius 3 is 2.74 bits per heavy atom. The summed E-state index contributed by atoms with van der Waals surface area (Å²) in [5, 5.41) is 11.6. The lowest BCUT2D eigenvalue weighted by Gasteiger charge is -2.09. The second kappa shape index (κ2) is 3.96. The summed E-state index contributed by atoms with van der Waals surface area (Å²) < 4.78 is 6.37. The van der Waals surface area contributed by atoms with Crippen molar-refractivity contribution in [3.63, 3.8) is 0 Å². The van der Waals surface area contributed by atoms with E-state index in [9.17, 15) is 10.0 Å². The number of hydrogen-bond donors (Lipinski definition) is 1. The number of pyridine rings is 2. The maximum Gasteiger partial charge on any atom is 0.301 e. The van der Waals surface area contributed by atoms with Crippen molar-refractivity contribution in [1.29, 1.82) is 0 Å². The number of rotatable bonds is 1. The van der Waals surface area contributed by atoms with Crippen LogP contribution in [0.25, 0.3) is 21.0 Å². The average Bonchev–Trinajstić information content (AvgIpc) is 2.77. The molecule has 0 aromatic carbocycles. The summed E-state index contributed by atoms with van der Waals surface area (Å²) in [6.07, 6.45) is 0. The molecule has 0 aliphatic heterocycles. The number of nitrogens with zero attached hydrogens (tertiary/aromatic N) is 2. The van der Waals surface area contributed by atoms with E-state index in [1.807, 2.05) is 13.0 Å². The Bertz CT molecular complexity index is 864. The smallest absolute Gasteiger partial charge is 0.301 e. The highest BCUT2D eigenvalue weighted by Gasteiger charge is 2.16. The minimum absolute atomic E-state index is 0.407. The summed E-state index contributed by atoms with van der Waals surface area (Å²) >= 11 is 1.37. The summed E-state index contributed by atoms with van der Waals surface area (Å²) in [4.78, 5) is 17.3. The van der Waals surface area contributed by atoms with Gasteiger partial charge in [-0.15, -0.1) is 16.1 Å². The zero-order valence-corrected chi connectivity index (χ0v) is 11.5. The van der Waals surface area contributed by atoms with E-state index in [1.165, 1.54) is 11.3 Å². The van der Waals surface area contributed by atoms with Gasteiger partial charge < -0.3 is 9.94 Å². The normalized spacial score (nSPS) is 11.3. The van der Waals surface area contributed by atoms with Gasteiger partial charge in [0, 0.05) is 21.7 Å². The molecule has 0 aliphatic rings. The fraction of sp³-hybridized carbons (Fsp3) is 0.231. The molecule has 0 aliphatic carbocycles. The van der Waals surface area contributed by atoms with Crippen LogP contribution in [0.1, 0.15) is 10.6 Å². The average molecular weight is 276 g/mol. The van der Waals surface area contributed by atoms with Crippen LogP contribution in [-0.4, -0.2) is 22.0 Å². The van der Waals surface area contributed by atoms with Crippen LogP contribution in [0.4, 0.5) is 0 Å². The monoisotopic (exact) mass is 276 g/mol. The summed E-state index contributed by atoms with van der Waals surface area (Å²) in [6.45, 7) is 3.67. The van der Waals surface area contributed by atoms with Gasteiger partial charge in [-0.05, 0) is 19.9 Å². The van der Waals surface area contributed by atoms with Crippen LogP contribution in [0, 0.1) is 13.8 Å². The van der Waals surface area contributed by atoms with Gasteiger partial charge in [0.25, 0.3) is 0 Å². The van der Waals surface area contributed by atoms with Crippen LogP contribution in [0.2, 0.25) is 0 Å². The van der Waals surface area contributed by atoms with Gasteiger partial charge in [0.1, 0.15) is 10.2 Å². The minimum Gasteiger partial charge on any atom is -0.481 e. The molecule has 3 rings (SSSR count). The number of aryl methyl sites for hydroxylation is 2. The summed E-state index contributed by atoms with van der Waals surface area (Å²) in [5.74, 6) is 0.466. The Morgan fingerprint density at radius 2 is 2.05 bits per heavy atom. The first kappa shape index (κ1) is 12.0. The van der Waals surface area contributed by atoms with Crippen molar-refractivity contribution in [3.05, 3.63) is 33.1 Å². The molecule has 0 unspecified atom stereocenters. The number of ether oxygens (including phenoxy) is 1. The van der Waals surface area contributed by atoms with E-state index in [1.54, 1.807) is 20.1 Å². The number of hydrogen-bond acceptors (Lipinski definition) is 5. The maximum atomic E-state index is 12.1. The fourth-order valence-corrected chi connectivity index (χ4v) is 3.24. The quantitative estimate of drug-likeness (QED) is 0.693. The van der Waals surface area contributed by atoms with Crippen molar-refractivity contribution in [3.8, 4) is 5.88 Å². The standard InChI is InChI=1S/C13H12N2O3S/c1-6-4-9-8-5-10(18-3)14-7(2)11(8)15(17)13(16)12(9)19-6/h4-5,17H,1-3H3. The molecule has 0 spiro atoms. The molecule has 98 valence electrons. The molecule has 3 aromatic rings. The van der Waals surface area contributed by atoms with Crippen molar-refractivity contribution in [2.75, 3.05) is 7.11 Å². The van der Waals surface area contributed by atoms with Crippen molar-refractivity contribution in [2.45, 2.75) is 13.8 Å². The third kappa shape index (κ3) is 1.60. The molecule has 3 heterocycles. The van der Waals surface area contributed by atoms with Gasteiger partial charge in [-0.3, -0.25) is 4.79 Å². The molecule has 0 bridgehead atoms. The molecule has 0 saturated carbocycles. The molecular formula is C13H12N2O3S. The molecule has 0 atom stereocenters. The zero-order valence-electron chi connectivity index (χ0n) is 10.7. The largest absolute Gasteiger partial charge is 0.481 e. The Kier molecular flexibility index (Phi) is 2.50. The van der Waals surface area contributed by atoms with Crippen molar-refractivity contribution < 1.29 is 9.94 Å². The third-order valence-corrected chi connectivity index (χ3v) is 4.14. The predicted molar refractivity (Wildman–Crippen MR) is 74.6 cm³/mol. The molecule has 0 radical (unpaired) electrons. The first-order valence-corrected chi connectivity index (χ1v) is 6.54. The predicted octanol–water partition coefficient (Wildman–Crippen LogP) is 2.47. The maximum absolute atomic E-state index is 12.1. The molecule has 3 aromatic heterocycles. The van der Waals surface area contributed by atoms with E-state index in [4.69, 9.17) is 4.74 Å². The van der Waals surface area contributed by atoms with Gasteiger partial charge in [0.2, 0.25) is 5.88 Å². The summed E-state index contributed by atoms with van der Waals surface area (Å²) in [7, 11) is 1.54. The van der Waals surface area contributed by atoms with Crippen LogP contribution in [0.5, 0.6) is 5.88 Å². The number of methoxy groups -OCH3 is 1. The summed E-state index contributed by atoms with van der Waals surface area (Å²) in [6, 6.07) is 3.69. The molecule has 0 amide bonds.